The van der Waals surface area contributed by atoms with Gasteiger partial charge in [0.25, 0.3) is 0 Å². The highest BCUT2D eigenvalue weighted by atomic mass is 19.3. The first-order chi connectivity index (χ1) is 9.02. The summed E-state index contributed by atoms with van der Waals surface area (Å²) >= 11 is 0. The molecule has 1 unspecified atom stereocenters. The molecule has 0 radical (unpaired) electrons. The second kappa shape index (κ2) is 7.91. The molecule has 1 aromatic carbocycles. The quantitative estimate of drug-likeness (QED) is 0.714. The maximum absolute atomic E-state index is 12.3. The van der Waals surface area contributed by atoms with Crippen LogP contribution in [0, 0.1) is 0 Å². The molecule has 0 bridgehead atoms. The Hall–Kier alpha value is -1.40. The smallest absolute Gasteiger partial charge is 0.387 e. The number of ether oxygens (including phenoxy) is 2. The van der Waals surface area contributed by atoms with Gasteiger partial charge in [-0.2, -0.15) is 8.78 Å². The summed E-state index contributed by atoms with van der Waals surface area (Å²) in [6.07, 6.45) is 0.198. The zero-order valence-corrected chi connectivity index (χ0v) is 11.0. The Kier molecular flexibility index (Phi) is 6.52. The molecule has 108 valence electrons. The number of aliphatic hydroxyl groups is 1. The van der Waals surface area contributed by atoms with Crippen LogP contribution in [-0.4, -0.2) is 31.5 Å². The number of hydrogen-bond acceptors (Lipinski definition) is 4. The van der Waals surface area contributed by atoms with Gasteiger partial charge in [-0.25, -0.2) is 0 Å². The zero-order valence-electron chi connectivity index (χ0n) is 11.0. The summed E-state index contributed by atoms with van der Waals surface area (Å²) in [4.78, 5) is 0. The van der Waals surface area contributed by atoms with Crippen LogP contribution in [0.5, 0.6) is 11.5 Å². The highest BCUT2D eigenvalue weighted by Gasteiger charge is 2.10. The first kappa shape index (κ1) is 15.7. The van der Waals surface area contributed by atoms with E-state index in [-0.39, 0.29) is 5.75 Å². The topological polar surface area (TPSA) is 50.7 Å². The van der Waals surface area contributed by atoms with Crippen LogP contribution in [0.2, 0.25) is 0 Å². The molecule has 0 aromatic heterocycles. The van der Waals surface area contributed by atoms with E-state index in [1.807, 2.05) is 0 Å². The first-order valence-electron chi connectivity index (χ1n) is 6.03. The Bertz CT molecular complexity index is 386. The average molecular weight is 275 g/mol. The molecule has 1 rings (SSSR count). The van der Waals surface area contributed by atoms with Gasteiger partial charge in [-0.15, -0.1) is 0 Å². The van der Waals surface area contributed by atoms with Crippen LogP contribution in [0.25, 0.3) is 0 Å². The number of benzene rings is 1. The van der Waals surface area contributed by atoms with Gasteiger partial charge in [0, 0.05) is 12.1 Å². The van der Waals surface area contributed by atoms with E-state index in [4.69, 9.17) is 9.84 Å². The van der Waals surface area contributed by atoms with Gasteiger partial charge >= 0.3 is 6.61 Å². The lowest BCUT2D eigenvalue weighted by atomic mass is 10.2. The molecule has 6 heteroatoms. The lowest BCUT2D eigenvalue weighted by Crippen LogP contribution is -2.19. The van der Waals surface area contributed by atoms with E-state index in [1.54, 1.807) is 19.1 Å². The monoisotopic (exact) mass is 275 g/mol. The average Bonchev–Trinajstić information content (AvgIpc) is 2.35. The molecule has 0 spiro atoms. The molecule has 0 saturated carbocycles. The fourth-order valence-electron chi connectivity index (χ4n) is 1.57. The third-order valence-electron chi connectivity index (χ3n) is 2.54. The minimum Gasteiger partial charge on any atom is -0.497 e. The molecule has 4 nitrogen and oxygen atoms in total. The van der Waals surface area contributed by atoms with Crippen molar-refractivity contribution in [3.05, 3.63) is 23.8 Å². The Labute approximate surface area is 111 Å². The van der Waals surface area contributed by atoms with Gasteiger partial charge < -0.3 is 19.9 Å². The molecular weight excluding hydrogens is 256 g/mol. The van der Waals surface area contributed by atoms with Crippen LogP contribution in [-0.2, 0) is 6.54 Å². The van der Waals surface area contributed by atoms with E-state index in [9.17, 15) is 8.78 Å². The lowest BCUT2D eigenvalue weighted by molar-refractivity contribution is -0.0505. The first-order valence-corrected chi connectivity index (χ1v) is 6.03. The molecule has 0 fully saturated rings. The van der Waals surface area contributed by atoms with Crippen molar-refractivity contribution in [1.29, 1.82) is 0 Å². The number of nitrogens with one attached hydrogen (secondary N) is 1. The van der Waals surface area contributed by atoms with Crippen LogP contribution >= 0.6 is 0 Å². The molecule has 0 aliphatic rings. The van der Waals surface area contributed by atoms with Crippen LogP contribution in [0.4, 0.5) is 8.78 Å². The largest absolute Gasteiger partial charge is 0.497 e. The summed E-state index contributed by atoms with van der Waals surface area (Å²) in [7, 11) is 1.51. The van der Waals surface area contributed by atoms with Crippen molar-refractivity contribution in [3.8, 4) is 11.5 Å². The van der Waals surface area contributed by atoms with Crippen molar-refractivity contribution in [1.82, 2.24) is 5.32 Å². The van der Waals surface area contributed by atoms with E-state index in [0.29, 0.717) is 30.8 Å². The number of rotatable bonds is 8. The highest BCUT2D eigenvalue weighted by Crippen LogP contribution is 2.25. The molecule has 0 aliphatic carbocycles. The molecule has 1 aromatic rings. The fourth-order valence-corrected chi connectivity index (χ4v) is 1.57. The Balaban J connectivity index is 2.65. The summed E-state index contributed by atoms with van der Waals surface area (Å²) in [5, 5.41) is 12.2. The summed E-state index contributed by atoms with van der Waals surface area (Å²) in [5.74, 6) is 0.703. The van der Waals surface area contributed by atoms with E-state index in [1.165, 1.54) is 13.2 Å². The van der Waals surface area contributed by atoms with Crippen LogP contribution in [0.3, 0.4) is 0 Å². The van der Waals surface area contributed by atoms with E-state index in [2.05, 4.69) is 10.1 Å². The van der Waals surface area contributed by atoms with Crippen molar-refractivity contribution < 1.29 is 23.4 Å². The maximum atomic E-state index is 12.3. The number of aliphatic hydroxyl groups excluding tert-OH is 1. The predicted molar refractivity (Wildman–Crippen MR) is 67.6 cm³/mol. The second-order valence-corrected chi connectivity index (χ2v) is 4.17. The number of methoxy groups -OCH3 is 1. The third-order valence-corrected chi connectivity index (χ3v) is 2.54. The van der Waals surface area contributed by atoms with Gasteiger partial charge in [-0.3, -0.25) is 0 Å². The van der Waals surface area contributed by atoms with Gasteiger partial charge in [0.1, 0.15) is 11.5 Å². The zero-order chi connectivity index (χ0) is 14.3. The second-order valence-electron chi connectivity index (χ2n) is 4.17. The normalized spacial score (nSPS) is 12.5. The molecule has 19 heavy (non-hydrogen) atoms. The van der Waals surface area contributed by atoms with E-state index >= 15 is 0 Å². The molecule has 0 aliphatic heterocycles. The molecular formula is C13H19F2NO3. The van der Waals surface area contributed by atoms with Crippen molar-refractivity contribution in [2.45, 2.75) is 32.6 Å². The van der Waals surface area contributed by atoms with Crippen molar-refractivity contribution in [2.75, 3.05) is 13.7 Å². The third kappa shape index (κ3) is 5.85. The SMILES string of the molecule is COc1ccc(OC(F)F)c(CNCCC(C)O)c1. The molecule has 0 amide bonds. The minimum atomic E-state index is -2.86. The van der Waals surface area contributed by atoms with Gasteiger partial charge in [0.15, 0.2) is 0 Å². The van der Waals surface area contributed by atoms with Gasteiger partial charge in [-0.1, -0.05) is 0 Å². The summed E-state index contributed by atoms with van der Waals surface area (Å²) in [6, 6.07) is 4.67. The Morgan fingerprint density at radius 3 is 2.68 bits per heavy atom. The van der Waals surface area contributed by atoms with Crippen LogP contribution < -0.4 is 14.8 Å². The summed E-state index contributed by atoms with van der Waals surface area (Å²) in [5.41, 5.74) is 0.588. The summed E-state index contributed by atoms with van der Waals surface area (Å²) in [6.45, 7) is -0.210. The van der Waals surface area contributed by atoms with Crippen LogP contribution in [0.1, 0.15) is 18.9 Å². The van der Waals surface area contributed by atoms with Gasteiger partial charge in [-0.05, 0) is 38.1 Å². The maximum Gasteiger partial charge on any atom is 0.387 e. The molecule has 0 saturated heterocycles. The van der Waals surface area contributed by atoms with E-state index < -0.39 is 12.7 Å². The number of alkyl halides is 2. The standard InChI is InChI=1S/C13H19F2NO3/c1-9(17)5-6-16-8-10-7-11(18-2)3-4-12(10)19-13(14)15/h3-4,7,9,13,16-17H,5-6,8H2,1-2H3. The number of halogens is 2. The Morgan fingerprint density at radius 1 is 1.37 bits per heavy atom. The van der Waals surface area contributed by atoms with Gasteiger partial charge in [0.05, 0.1) is 13.2 Å². The van der Waals surface area contributed by atoms with Crippen molar-refractivity contribution in [3.63, 3.8) is 0 Å². The Morgan fingerprint density at radius 2 is 2.11 bits per heavy atom. The lowest BCUT2D eigenvalue weighted by Gasteiger charge is -2.13. The molecule has 1 atom stereocenters. The van der Waals surface area contributed by atoms with E-state index in [0.717, 1.165) is 0 Å². The minimum absolute atomic E-state index is 0.125. The van der Waals surface area contributed by atoms with Crippen molar-refractivity contribution >= 4 is 0 Å². The predicted octanol–water partition coefficient (Wildman–Crippen LogP) is 2.16. The molecule has 2 N–H and O–H groups in total. The van der Waals surface area contributed by atoms with Gasteiger partial charge in [0.2, 0.25) is 0 Å². The van der Waals surface area contributed by atoms with Crippen molar-refractivity contribution in [2.24, 2.45) is 0 Å². The fraction of sp³-hybridized carbons (Fsp3) is 0.538. The van der Waals surface area contributed by atoms with Crippen LogP contribution in [0.15, 0.2) is 18.2 Å². The number of hydrogen-bond donors (Lipinski definition) is 2. The molecule has 0 heterocycles. The summed E-state index contributed by atoms with van der Waals surface area (Å²) < 4.78 is 34.0. The highest BCUT2D eigenvalue weighted by molar-refractivity contribution is 5.40.